The first-order valence-corrected chi connectivity index (χ1v) is 14.3. The predicted molar refractivity (Wildman–Crippen MR) is 159 cm³/mol. The Morgan fingerprint density at radius 1 is 0.905 bits per heavy atom. The molecule has 1 atom stereocenters. The highest BCUT2D eigenvalue weighted by molar-refractivity contribution is 6.21. The van der Waals surface area contributed by atoms with E-state index >= 15 is 0 Å². The molecule has 0 bridgehead atoms. The first kappa shape index (κ1) is 29.3. The molecular weight excluding hydrogens is 534 g/mol. The summed E-state index contributed by atoms with van der Waals surface area (Å²) in [4.78, 5) is 26.8. The fourth-order valence-corrected chi connectivity index (χ4v) is 5.54. The molecule has 0 radical (unpaired) electrons. The molecule has 6 nitrogen and oxygen atoms in total. The Balaban J connectivity index is 1.33. The third kappa shape index (κ3) is 6.82. The van der Waals surface area contributed by atoms with Crippen LogP contribution in [0.4, 0.5) is 8.78 Å². The summed E-state index contributed by atoms with van der Waals surface area (Å²) in [5.74, 6) is -1.57. The minimum absolute atomic E-state index is 0.0109. The van der Waals surface area contributed by atoms with Gasteiger partial charge in [0.15, 0.2) is 0 Å². The van der Waals surface area contributed by atoms with Crippen LogP contribution < -0.4 is 5.32 Å². The highest BCUT2D eigenvalue weighted by Gasteiger charge is 2.34. The normalized spacial score (nSPS) is 14.0. The first-order chi connectivity index (χ1) is 20.1. The van der Waals surface area contributed by atoms with Gasteiger partial charge in [-0.25, -0.2) is 13.5 Å². The molecule has 1 N–H and O–H groups in total. The smallest absolute Gasteiger partial charge is 0.261 e. The molecule has 4 aromatic rings. The maximum absolute atomic E-state index is 14.7. The Labute approximate surface area is 245 Å². The largest absolute Gasteiger partial charge is 0.314 e. The van der Waals surface area contributed by atoms with E-state index in [1.165, 1.54) is 9.58 Å². The Bertz CT molecular complexity index is 1540. The lowest BCUT2D eigenvalue weighted by Gasteiger charge is -2.27. The molecule has 5 rings (SSSR count). The second-order valence-corrected chi connectivity index (χ2v) is 12.1. The average Bonchev–Trinajstić information content (AvgIpc) is 3.45. The van der Waals surface area contributed by atoms with Gasteiger partial charge in [0.25, 0.3) is 11.8 Å². The average molecular weight is 571 g/mol. The zero-order chi connectivity index (χ0) is 29.9. The molecule has 42 heavy (non-hydrogen) atoms. The van der Waals surface area contributed by atoms with Gasteiger partial charge in [-0.05, 0) is 60.2 Å². The minimum atomic E-state index is -0.547. The molecule has 0 saturated carbocycles. The van der Waals surface area contributed by atoms with Crippen LogP contribution in [0.15, 0.2) is 79.0 Å². The molecular formula is C34H36F2N4O2. The number of nitrogens with one attached hydrogen (secondary N) is 1. The summed E-state index contributed by atoms with van der Waals surface area (Å²) in [6.07, 6.45) is 4.42. The van der Waals surface area contributed by atoms with Crippen molar-refractivity contribution in [2.75, 3.05) is 13.1 Å². The lowest BCUT2D eigenvalue weighted by Crippen LogP contribution is -2.38. The summed E-state index contributed by atoms with van der Waals surface area (Å²) >= 11 is 0. The van der Waals surface area contributed by atoms with Gasteiger partial charge in [-0.15, -0.1) is 0 Å². The van der Waals surface area contributed by atoms with Gasteiger partial charge in [-0.3, -0.25) is 14.5 Å². The third-order valence-corrected chi connectivity index (χ3v) is 7.44. The second-order valence-electron chi connectivity index (χ2n) is 12.1. The molecule has 0 saturated heterocycles. The second kappa shape index (κ2) is 12.4. The molecule has 0 fully saturated rings. The molecule has 0 spiro atoms. The Morgan fingerprint density at radius 3 is 2.24 bits per heavy atom. The van der Waals surface area contributed by atoms with Crippen LogP contribution in [0.5, 0.6) is 0 Å². The van der Waals surface area contributed by atoms with Gasteiger partial charge >= 0.3 is 0 Å². The van der Waals surface area contributed by atoms with E-state index in [1.54, 1.807) is 30.5 Å². The summed E-state index contributed by atoms with van der Waals surface area (Å²) in [5.41, 5.74) is 3.84. The molecule has 1 unspecified atom stereocenters. The van der Waals surface area contributed by atoms with Crippen LogP contribution >= 0.6 is 0 Å². The minimum Gasteiger partial charge on any atom is -0.314 e. The summed E-state index contributed by atoms with van der Waals surface area (Å²) in [6, 6.07) is 20.3. The molecule has 2 amide bonds. The predicted octanol–water partition coefficient (Wildman–Crippen LogP) is 6.36. The lowest BCUT2D eigenvalue weighted by molar-refractivity contribution is 0.0652. The van der Waals surface area contributed by atoms with Crippen molar-refractivity contribution in [3.8, 4) is 5.69 Å². The molecule has 8 heteroatoms. The number of aromatic nitrogens is 2. The summed E-state index contributed by atoms with van der Waals surface area (Å²) < 4.78 is 30.2. The number of carbonyl (C=O) groups is 2. The van der Waals surface area contributed by atoms with Crippen molar-refractivity contribution in [1.82, 2.24) is 20.0 Å². The number of halogens is 2. The van der Waals surface area contributed by atoms with E-state index in [1.807, 2.05) is 30.3 Å². The van der Waals surface area contributed by atoms with Crippen LogP contribution in [-0.2, 0) is 12.8 Å². The lowest BCUT2D eigenvalue weighted by atomic mass is 9.86. The number of imide groups is 1. The maximum Gasteiger partial charge on any atom is 0.261 e. The van der Waals surface area contributed by atoms with Crippen LogP contribution in [0.25, 0.3) is 5.69 Å². The number of rotatable bonds is 11. The SMILES string of the molecule is CC(C)(C)CC(Cc1nn(-c2cc(F)ccc2F)cc1Cc1ccccc1)NCCCN1C(=O)c2ccccc2C1=O. The van der Waals surface area contributed by atoms with Gasteiger partial charge in [0.1, 0.15) is 17.3 Å². The van der Waals surface area contributed by atoms with Crippen molar-refractivity contribution in [3.63, 3.8) is 0 Å². The fraction of sp³-hybridized carbons (Fsp3) is 0.324. The third-order valence-electron chi connectivity index (χ3n) is 7.44. The molecule has 1 aromatic heterocycles. The number of fused-ring (bicyclic) bond motifs is 1. The molecule has 3 aromatic carbocycles. The Kier molecular flexibility index (Phi) is 8.64. The Hall–Kier alpha value is -4.17. The number of hydrogen-bond acceptors (Lipinski definition) is 4. The molecule has 0 aliphatic carbocycles. The molecule has 218 valence electrons. The Morgan fingerprint density at radius 2 is 1.57 bits per heavy atom. The van der Waals surface area contributed by atoms with E-state index in [0.29, 0.717) is 43.5 Å². The zero-order valence-corrected chi connectivity index (χ0v) is 24.2. The van der Waals surface area contributed by atoms with E-state index in [0.717, 1.165) is 41.4 Å². The number of amides is 2. The van der Waals surface area contributed by atoms with Gasteiger partial charge in [-0.1, -0.05) is 63.2 Å². The summed E-state index contributed by atoms with van der Waals surface area (Å²) in [7, 11) is 0. The summed E-state index contributed by atoms with van der Waals surface area (Å²) in [5, 5.41) is 8.38. The van der Waals surface area contributed by atoms with E-state index in [9.17, 15) is 18.4 Å². The van der Waals surface area contributed by atoms with Crippen molar-refractivity contribution < 1.29 is 18.4 Å². The summed E-state index contributed by atoms with van der Waals surface area (Å²) in [6.45, 7) is 7.44. The van der Waals surface area contributed by atoms with E-state index in [4.69, 9.17) is 5.10 Å². The van der Waals surface area contributed by atoms with Gasteiger partial charge in [0, 0.05) is 37.7 Å². The van der Waals surface area contributed by atoms with Crippen LogP contribution in [0, 0.1) is 17.0 Å². The highest BCUT2D eigenvalue weighted by Crippen LogP contribution is 2.26. The van der Waals surface area contributed by atoms with Gasteiger partial charge < -0.3 is 5.32 Å². The van der Waals surface area contributed by atoms with Crippen molar-refractivity contribution in [2.45, 2.75) is 52.5 Å². The first-order valence-electron chi connectivity index (χ1n) is 14.3. The van der Waals surface area contributed by atoms with E-state index in [2.05, 4.69) is 26.1 Å². The number of hydrogen-bond donors (Lipinski definition) is 1. The standard InChI is InChI=1S/C34H36F2N4O2/c1-34(2,3)21-26(37-16-9-17-39-32(41)27-12-7-8-13-28(27)33(39)42)20-30-24(18-23-10-5-4-6-11-23)22-40(38-30)31-19-25(35)14-15-29(31)36/h4-8,10-15,19,22,26,37H,9,16-18,20-21H2,1-3H3. The maximum atomic E-state index is 14.7. The van der Waals surface area contributed by atoms with Crippen LogP contribution in [-0.4, -0.2) is 45.6 Å². The van der Waals surface area contributed by atoms with Crippen molar-refractivity contribution >= 4 is 11.8 Å². The van der Waals surface area contributed by atoms with E-state index < -0.39 is 11.6 Å². The highest BCUT2D eigenvalue weighted by atomic mass is 19.1. The fourth-order valence-electron chi connectivity index (χ4n) is 5.54. The number of carbonyl (C=O) groups excluding carboxylic acids is 2. The number of benzene rings is 3. The van der Waals surface area contributed by atoms with Crippen LogP contribution in [0.2, 0.25) is 0 Å². The quantitative estimate of drug-likeness (QED) is 0.168. The molecule has 1 aliphatic rings. The van der Waals surface area contributed by atoms with Gasteiger partial charge in [0.05, 0.1) is 16.8 Å². The molecule has 1 aliphatic heterocycles. The van der Waals surface area contributed by atoms with Gasteiger partial charge in [0.2, 0.25) is 0 Å². The van der Waals surface area contributed by atoms with Crippen LogP contribution in [0.1, 0.15) is 71.1 Å². The topological polar surface area (TPSA) is 67.2 Å². The van der Waals surface area contributed by atoms with Crippen LogP contribution in [0.3, 0.4) is 0 Å². The van der Waals surface area contributed by atoms with E-state index in [-0.39, 0.29) is 29.0 Å². The zero-order valence-electron chi connectivity index (χ0n) is 24.2. The van der Waals surface area contributed by atoms with Crippen molar-refractivity contribution in [1.29, 1.82) is 0 Å². The van der Waals surface area contributed by atoms with Crippen molar-refractivity contribution in [2.24, 2.45) is 5.41 Å². The van der Waals surface area contributed by atoms with Crippen molar-refractivity contribution in [3.05, 3.63) is 119 Å². The molecule has 2 heterocycles. The van der Waals surface area contributed by atoms with Gasteiger partial charge in [-0.2, -0.15) is 5.10 Å². The monoisotopic (exact) mass is 570 g/mol. The number of nitrogens with zero attached hydrogens (tertiary/aromatic N) is 3.